The topological polar surface area (TPSA) is 89.0 Å². The average Bonchev–Trinajstić information content (AvgIpc) is 3.26. The molecule has 2 aromatic carbocycles. The standard InChI is InChI=1S/C22H17Cl2FN2O5S/c23-13-1-3-16(25)12(7-13)9-32-22(30)27-6-5-17-21(33-11-26-17)20(27)15-8-14(24)2-4-18(15)31-10-19(28)29/h1-4,7-8,11,20H,5-6,9-10H2,(H,28,29)/t20-/m1/s1. The summed E-state index contributed by atoms with van der Waals surface area (Å²) in [6, 6.07) is 8.09. The minimum Gasteiger partial charge on any atom is -0.482 e. The van der Waals surface area contributed by atoms with Gasteiger partial charge in [-0.15, -0.1) is 11.3 Å². The van der Waals surface area contributed by atoms with E-state index in [1.54, 1.807) is 23.7 Å². The second-order valence-electron chi connectivity index (χ2n) is 7.16. The molecule has 0 unspecified atom stereocenters. The van der Waals surface area contributed by atoms with Crippen LogP contribution in [0.15, 0.2) is 41.9 Å². The quantitative estimate of drug-likeness (QED) is 0.481. The Hall–Kier alpha value is -2.88. The first kappa shape index (κ1) is 23.3. The van der Waals surface area contributed by atoms with Crippen LogP contribution in [0.5, 0.6) is 5.75 Å². The van der Waals surface area contributed by atoms with E-state index >= 15 is 0 Å². The Morgan fingerprint density at radius 1 is 1.21 bits per heavy atom. The Labute approximate surface area is 202 Å². The number of carbonyl (C=O) groups is 2. The predicted octanol–water partition coefficient (Wildman–Crippen LogP) is 5.34. The molecule has 1 N–H and O–H groups in total. The van der Waals surface area contributed by atoms with Crippen LogP contribution in [0.4, 0.5) is 9.18 Å². The second kappa shape index (κ2) is 9.94. The SMILES string of the molecule is O=C(O)COc1ccc(Cl)cc1[C@@H]1c2scnc2CCN1C(=O)OCc1cc(Cl)ccc1F. The van der Waals surface area contributed by atoms with E-state index in [2.05, 4.69) is 4.98 Å². The van der Waals surface area contributed by atoms with Gasteiger partial charge in [0, 0.05) is 34.1 Å². The number of carboxylic acid groups (broad SMARTS) is 1. The molecule has 3 aromatic rings. The van der Waals surface area contributed by atoms with Gasteiger partial charge in [0.05, 0.1) is 16.1 Å². The first-order chi connectivity index (χ1) is 15.8. The zero-order valence-corrected chi connectivity index (χ0v) is 19.3. The van der Waals surface area contributed by atoms with Crippen molar-refractivity contribution in [1.82, 2.24) is 9.88 Å². The van der Waals surface area contributed by atoms with Gasteiger partial charge >= 0.3 is 12.1 Å². The molecule has 1 atom stereocenters. The van der Waals surface area contributed by atoms with Crippen LogP contribution in [-0.4, -0.2) is 40.2 Å². The van der Waals surface area contributed by atoms with Crippen LogP contribution in [0, 0.1) is 5.82 Å². The zero-order chi connectivity index (χ0) is 23.5. The number of thiazole rings is 1. The van der Waals surface area contributed by atoms with E-state index in [1.165, 1.54) is 34.4 Å². The Balaban J connectivity index is 1.66. The number of amides is 1. The van der Waals surface area contributed by atoms with Gasteiger partial charge in [-0.3, -0.25) is 4.90 Å². The molecule has 0 aliphatic carbocycles. The number of fused-ring (bicyclic) bond motifs is 1. The fourth-order valence-electron chi connectivity index (χ4n) is 3.57. The number of aliphatic carboxylic acids is 1. The maximum absolute atomic E-state index is 14.1. The van der Waals surface area contributed by atoms with Crippen molar-refractivity contribution in [2.45, 2.75) is 19.1 Å². The summed E-state index contributed by atoms with van der Waals surface area (Å²) in [4.78, 5) is 30.8. The Morgan fingerprint density at radius 2 is 1.97 bits per heavy atom. The van der Waals surface area contributed by atoms with Crippen molar-refractivity contribution < 1.29 is 28.6 Å². The average molecular weight is 511 g/mol. The lowest BCUT2D eigenvalue weighted by Gasteiger charge is -2.35. The lowest BCUT2D eigenvalue weighted by molar-refractivity contribution is -0.139. The predicted molar refractivity (Wildman–Crippen MR) is 121 cm³/mol. The second-order valence-corrected chi connectivity index (χ2v) is 8.92. The fourth-order valence-corrected chi connectivity index (χ4v) is 4.91. The molecule has 1 amide bonds. The molecule has 33 heavy (non-hydrogen) atoms. The minimum atomic E-state index is -1.14. The highest BCUT2D eigenvalue weighted by molar-refractivity contribution is 7.09. The van der Waals surface area contributed by atoms with Gasteiger partial charge in [-0.1, -0.05) is 23.2 Å². The number of aromatic nitrogens is 1. The van der Waals surface area contributed by atoms with Gasteiger partial charge in [0.1, 0.15) is 24.2 Å². The van der Waals surface area contributed by atoms with E-state index in [-0.39, 0.29) is 24.5 Å². The lowest BCUT2D eigenvalue weighted by Crippen LogP contribution is -2.40. The first-order valence-electron chi connectivity index (χ1n) is 9.77. The lowest BCUT2D eigenvalue weighted by atomic mass is 9.97. The van der Waals surface area contributed by atoms with Crippen LogP contribution in [0.25, 0.3) is 0 Å². The van der Waals surface area contributed by atoms with Crippen LogP contribution in [0.1, 0.15) is 27.7 Å². The van der Waals surface area contributed by atoms with E-state index in [1.807, 2.05) is 0 Å². The number of nitrogens with zero attached hydrogens (tertiary/aromatic N) is 2. The van der Waals surface area contributed by atoms with Crippen molar-refractivity contribution in [2.24, 2.45) is 0 Å². The van der Waals surface area contributed by atoms with Crippen molar-refractivity contribution in [3.8, 4) is 5.75 Å². The normalized spacial score (nSPS) is 15.1. The first-order valence-corrected chi connectivity index (χ1v) is 11.4. The molecule has 2 heterocycles. The van der Waals surface area contributed by atoms with Gasteiger partial charge in [-0.05, 0) is 36.4 Å². The molecule has 7 nitrogen and oxygen atoms in total. The number of rotatable bonds is 6. The summed E-state index contributed by atoms with van der Waals surface area (Å²) in [6.07, 6.45) is -0.176. The third kappa shape index (κ3) is 5.21. The Morgan fingerprint density at radius 3 is 2.76 bits per heavy atom. The van der Waals surface area contributed by atoms with E-state index < -0.39 is 30.5 Å². The molecule has 1 aliphatic heterocycles. The molecule has 0 spiro atoms. The monoisotopic (exact) mass is 510 g/mol. The van der Waals surface area contributed by atoms with Crippen LogP contribution >= 0.6 is 34.5 Å². The van der Waals surface area contributed by atoms with E-state index in [0.717, 1.165) is 10.6 Å². The molecular formula is C22H17Cl2FN2O5S. The number of halogens is 3. The Kier molecular flexibility index (Phi) is 7.02. The number of carbonyl (C=O) groups excluding carboxylic acids is 1. The van der Waals surface area contributed by atoms with Crippen molar-refractivity contribution in [1.29, 1.82) is 0 Å². The largest absolute Gasteiger partial charge is 0.482 e. The molecule has 0 fully saturated rings. The summed E-state index contributed by atoms with van der Waals surface area (Å²) >= 11 is 13.5. The number of benzene rings is 2. The van der Waals surface area contributed by atoms with Gasteiger partial charge in [0.2, 0.25) is 0 Å². The van der Waals surface area contributed by atoms with Gasteiger partial charge < -0.3 is 14.6 Å². The zero-order valence-electron chi connectivity index (χ0n) is 17.0. The third-order valence-electron chi connectivity index (χ3n) is 5.03. The van der Waals surface area contributed by atoms with E-state index in [0.29, 0.717) is 22.0 Å². The molecule has 0 radical (unpaired) electrons. The molecular weight excluding hydrogens is 494 g/mol. The summed E-state index contributed by atoms with van der Waals surface area (Å²) in [6.45, 7) is -0.583. The minimum absolute atomic E-state index is 0.149. The van der Waals surface area contributed by atoms with Crippen LogP contribution in [0.3, 0.4) is 0 Å². The molecule has 0 bridgehead atoms. The molecule has 0 saturated heterocycles. The highest BCUT2D eigenvalue weighted by Crippen LogP contribution is 2.42. The smallest absolute Gasteiger partial charge is 0.410 e. The maximum Gasteiger partial charge on any atom is 0.410 e. The molecule has 1 aromatic heterocycles. The van der Waals surface area contributed by atoms with Gasteiger partial charge in [0.25, 0.3) is 0 Å². The summed E-state index contributed by atoms with van der Waals surface area (Å²) in [5.41, 5.74) is 3.14. The van der Waals surface area contributed by atoms with Crippen molar-refractivity contribution in [3.05, 3.63) is 79.5 Å². The van der Waals surface area contributed by atoms with Crippen molar-refractivity contribution in [2.75, 3.05) is 13.2 Å². The molecule has 1 aliphatic rings. The van der Waals surface area contributed by atoms with Crippen molar-refractivity contribution >= 4 is 46.6 Å². The van der Waals surface area contributed by atoms with E-state index in [4.69, 9.17) is 37.8 Å². The Bertz CT molecular complexity index is 1210. The van der Waals surface area contributed by atoms with Gasteiger partial charge in [-0.2, -0.15) is 0 Å². The number of ether oxygens (including phenoxy) is 2. The highest BCUT2D eigenvalue weighted by atomic mass is 35.5. The van der Waals surface area contributed by atoms with Crippen LogP contribution in [0.2, 0.25) is 10.0 Å². The van der Waals surface area contributed by atoms with Gasteiger partial charge in [-0.25, -0.2) is 19.0 Å². The number of carboxylic acids is 1. The number of hydrogen-bond donors (Lipinski definition) is 1. The summed E-state index contributed by atoms with van der Waals surface area (Å²) in [7, 11) is 0. The third-order valence-corrected chi connectivity index (χ3v) is 6.43. The number of hydrogen-bond acceptors (Lipinski definition) is 6. The van der Waals surface area contributed by atoms with E-state index in [9.17, 15) is 14.0 Å². The summed E-state index contributed by atoms with van der Waals surface area (Å²) in [5.74, 6) is -1.41. The molecule has 0 saturated carbocycles. The van der Waals surface area contributed by atoms with Crippen LogP contribution in [-0.2, 0) is 22.6 Å². The molecule has 11 heteroatoms. The van der Waals surface area contributed by atoms with Crippen molar-refractivity contribution in [3.63, 3.8) is 0 Å². The fraction of sp³-hybridized carbons (Fsp3) is 0.227. The highest BCUT2D eigenvalue weighted by Gasteiger charge is 2.37. The van der Waals surface area contributed by atoms with Crippen LogP contribution < -0.4 is 4.74 Å². The summed E-state index contributed by atoms with van der Waals surface area (Å²) in [5, 5.41) is 9.75. The maximum atomic E-state index is 14.1. The summed E-state index contributed by atoms with van der Waals surface area (Å²) < 4.78 is 24.9. The van der Waals surface area contributed by atoms with Gasteiger partial charge in [0.15, 0.2) is 6.61 Å². The molecule has 4 rings (SSSR count). The molecule has 172 valence electrons.